The SMILES string of the molecule is c1ccc(-c2nc(-c3cccc4c3oc3ccccc34)nc(-c3c(-n4c5ccccc5c5ccccc54)cc(-n4c5ccccc5c5ccccc54)c4c3oc3ccccc34)n2)cc1. The van der Waals surface area contributed by atoms with E-state index in [4.69, 9.17) is 23.8 Å². The van der Waals surface area contributed by atoms with Gasteiger partial charge < -0.3 is 18.0 Å². The molecule has 0 saturated carbocycles. The molecular weight excluding hydrogens is 787 g/mol. The van der Waals surface area contributed by atoms with E-state index >= 15 is 0 Å². The van der Waals surface area contributed by atoms with Crippen LogP contribution in [0.1, 0.15) is 0 Å². The van der Waals surface area contributed by atoms with Gasteiger partial charge >= 0.3 is 0 Å². The van der Waals surface area contributed by atoms with Crippen LogP contribution in [0.3, 0.4) is 0 Å². The fraction of sp³-hybridized carbons (Fsp3) is 0. The number of fused-ring (bicyclic) bond motifs is 12. The van der Waals surface area contributed by atoms with Gasteiger partial charge in [-0.15, -0.1) is 0 Å². The molecule has 0 bridgehead atoms. The molecule has 64 heavy (non-hydrogen) atoms. The van der Waals surface area contributed by atoms with Crippen molar-refractivity contribution in [3.63, 3.8) is 0 Å². The quantitative estimate of drug-likeness (QED) is 0.173. The second kappa shape index (κ2) is 13.3. The van der Waals surface area contributed by atoms with Crippen molar-refractivity contribution >= 4 is 87.5 Å². The average molecular weight is 820 g/mol. The third kappa shape index (κ3) is 4.94. The van der Waals surface area contributed by atoms with Gasteiger partial charge in [-0.1, -0.05) is 152 Å². The third-order valence-electron chi connectivity index (χ3n) is 12.8. The Bertz CT molecular complexity index is 4100. The van der Waals surface area contributed by atoms with Crippen LogP contribution in [-0.4, -0.2) is 24.1 Å². The average Bonchev–Trinajstić information content (AvgIpc) is 4.12. The number of para-hydroxylation sites is 7. The molecule has 0 aliphatic carbocycles. The van der Waals surface area contributed by atoms with Crippen LogP contribution in [0.2, 0.25) is 0 Å². The maximum atomic E-state index is 7.22. The predicted octanol–water partition coefficient (Wildman–Crippen LogP) is 14.9. The number of hydrogen-bond acceptors (Lipinski definition) is 5. The summed E-state index contributed by atoms with van der Waals surface area (Å²) in [5.74, 6) is 1.52. The zero-order valence-corrected chi connectivity index (χ0v) is 34.1. The van der Waals surface area contributed by atoms with Gasteiger partial charge in [-0.25, -0.2) is 15.0 Å². The second-order valence-corrected chi connectivity index (χ2v) is 16.3. The molecule has 0 aliphatic rings. The molecule has 298 valence electrons. The smallest absolute Gasteiger partial charge is 0.170 e. The predicted molar refractivity (Wildman–Crippen MR) is 259 cm³/mol. The second-order valence-electron chi connectivity index (χ2n) is 16.3. The zero-order chi connectivity index (χ0) is 41.9. The van der Waals surface area contributed by atoms with Gasteiger partial charge in [-0.2, -0.15) is 0 Å². The molecule has 5 aromatic heterocycles. The molecule has 0 saturated heterocycles. The van der Waals surface area contributed by atoms with Crippen LogP contribution in [0.15, 0.2) is 209 Å². The maximum Gasteiger partial charge on any atom is 0.170 e. The van der Waals surface area contributed by atoms with Crippen molar-refractivity contribution < 1.29 is 8.83 Å². The van der Waals surface area contributed by atoms with Crippen molar-refractivity contribution in [2.24, 2.45) is 0 Å². The summed E-state index contributed by atoms with van der Waals surface area (Å²) in [7, 11) is 0. The molecule has 0 aliphatic heterocycles. The van der Waals surface area contributed by atoms with Gasteiger partial charge in [0.25, 0.3) is 0 Å². The monoisotopic (exact) mass is 819 g/mol. The van der Waals surface area contributed by atoms with Gasteiger partial charge in [0.2, 0.25) is 0 Å². The van der Waals surface area contributed by atoms with Crippen LogP contribution < -0.4 is 0 Å². The Morgan fingerprint density at radius 3 is 1.41 bits per heavy atom. The largest absolute Gasteiger partial charge is 0.455 e. The lowest BCUT2D eigenvalue weighted by Crippen LogP contribution is -2.06. The highest BCUT2D eigenvalue weighted by Gasteiger charge is 2.29. The van der Waals surface area contributed by atoms with Gasteiger partial charge in [0.1, 0.15) is 16.7 Å². The van der Waals surface area contributed by atoms with Crippen molar-refractivity contribution in [2.75, 3.05) is 0 Å². The van der Waals surface area contributed by atoms with Crippen molar-refractivity contribution in [3.8, 4) is 45.5 Å². The molecule has 0 radical (unpaired) electrons. The Labute approximate surface area is 364 Å². The normalized spacial score (nSPS) is 12.1. The first-order chi connectivity index (χ1) is 31.8. The van der Waals surface area contributed by atoms with E-state index in [-0.39, 0.29) is 0 Å². The molecule has 9 aromatic carbocycles. The molecule has 14 aromatic rings. The minimum absolute atomic E-state index is 0.478. The Balaban J connectivity index is 1.19. The number of rotatable bonds is 5. The molecule has 7 nitrogen and oxygen atoms in total. The van der Waals surface area contributed by atoms with Gasteiger partial charge in [-0.3, -0.25) is 0 Å². The maximum absolute atomic E-state index is 7.22. The number of furan rings is 2. The molecule has 0 N–H and O–H groups in total. The van der Waals surface area contributed by atoms with Crippen LogP contribution in [0.25, 0.3) is 133 Å². The molecule has 0 spiro atoms. The summed E-state index contributed by atoms with van der Waals surface area (Å²) in [6.45, 7) is 0. The number of aromatic nitrogens is 5. The third-order valence-corrected chi connectivity index (χ3v) is 12.8. The van der Waals surface area contributed by atoms with E-state index in [1.807, 2.05) is 72.8 Å². The van der Waals surface area contributed by atoms with Gasteiger partial charge in [0, 0.05) is 43.3 Å². The number of benzene rings is 9. The van der Waals surface area contributed by atoms with Crippen molar-refractivity contribution in [3.05, 3.63) is 200 Å². The summed E-state index contributed by atoms with van der Waals surface area (Å²) in [5.41, 5.74) is 11.5. The Morgan fingerprint density at radius 2 is 0.781 bits per heavy atom. The summed E-state index contributed by atoms with van der Waals surface area (Å²) in [6.07, 6.45) is 0. The first kappa shape index (κ1) is 34.9. The topological polar surface area (TPSA) is 74.8 Å². The van der Waals surface area contributed by atoms with E-state index in [9.17, 15) is 0 Å². The first-order valence-electron chi connectivity index (χ1n) is 21.4. The molecule has 0 atom stereocenters. The van der Waals surface area contributed by atoms with Gasteiger partial charge in [-0.05, 0) is 48.5 Å². The van der Waals surface area contributed by atoms with Crippen molar-refractivity contribution in [1.82, 2.24) is 24.1 Å². The summed E-state index contributed by atoms with van der Waals surface area (Å²) in [4.78, 5) is 16.2. The first-order valence-corrected chi connectivity index (χ1v) is 21.4. The Morgan fingerprint density at radius 1 is 0.328 bits per heavy atom. The molecule has 7 heteroatoms. The van der Waals surface area contributed by atoms with E-state index in [0.717, 1.165) is 99.2 Å². The lowest BCUT2D eigenvalue weighted by Gasteiger charge is -2.19. The molecule has 14 rings (SSSR count). The Hall–Kier alpha value is -8.81. The number of nitrogens with zero attached hydrogens (tertiary/aromatic N) is 5. The summed E-state index contributed by atoms with van der Waals surface area (Å²) in [5, 5.41) is 8.63. The minimum Gasteiger partial charge on any atom is -0.455 e. The van der Waals surface area contributed by atoms with Gasteiger partial charge in [0.05, 0.1) is 50.0 Å². The summed E-state index contributed by atoms with van der Waals surface area (Å²) in [6, 6.07) is 69.6. The summed E-state index contributed by atoms with van der Waals surface area (Å²) >= 11 is 0. The van der Waals surface area contributed by atoms with Crippen LogP contribution in [-0.2, 0) is 0 Å². The summed E-state index contributed by atoms with van der Waals surface area (Å²) < 4.78 is 18.6. The standard InChI is InChI=1S/C57H33N5O2/c1-2-17-34(18-3-1)55-58-56(42-26-16-25-40-39-23-8-14-31-49(39)63-53(40)42)60-57(59-55)52-48(62-45-29-12-6-21-37(45)38-22-7-13-30-46(38)62)33-47(51-41-24-9-15-32-50(41)64-54(51)52)61-43-27-10-4-19-35(43)36-20-5-11-28-44(36)61/h1-33H. The fourth-order valence-corrected chi connectivity index (χ4v) is 10.0. The molecule has 0 fully saturated rings. The van der Waals surface area contributed by atoms with E-state index in [2.05, 4.69) is 137 Å². The minimum atomic E-state index is 0.478. The lowest BCUT2D eigenvalue weighted by atomic mass is 10.0. The molecule has 0 amide bonds. The zero-order valence-electron chi connectivity index (χ0n) is 34.1. The Kier molecular flexibility index (Phi) is 7.27. The number of hydrogen-bond donors (Lipinski definition) is 0. The van der Waals surface area contributed by atoms with E-state index < -0.39 is 0 Å². The highest BCUT2D eigenvalue weighted by atomic mass is 16.3. The molecule has 0 unspecified atom stereocenters. The van der Waals surface area contributed by atoms with E-state index in [1.165, 1.54) is 10.8 Å². The lowest BCUT2D eigenvalue weighted by molar-refractivity contribution is 0.669. The fourth-order valence-electron chi connectivity index (χ4n) is 10.0. The van der Waals surface area contributed by atoms with Crippen LogP contribution in [0.5, 0.6) is 0 Å². The van der Waals surface area contributed by atoms with Crippen molar-refractivity contribution in [2.45, 2.75) is 0 Å². The highest BCUT2D eigenvalue weighted by Crippen LogP contribution is 2.47. The highest BCUT2D eigenvalue weighted by molar-refractivity contribution is 6.19. The molecule has 5 heterocycles. The van der Waals surface area contributed by atoms with E-state index in [1.54, 1.807) is 0 Å². The van der Waals surface area contributed by atoms with E-state index in [0.29, 0.717) is 23.1 Å². The van der Waals surface area contributed by atoms with Crippen LogP contribution in [0.4, 0.5) is 0 Å². The van der Waals surface area contributed by atoms with Crippen LogP contribution in [0, 0.1) is 0 Å². The van der Waals surface area contributed by atoms with Gasteiger partial charge in [0.15, 0.2) is 23.1 Å². The van der Waals surface area contributed by atoms with Crippen molar-refractivity contribution in [1.29, 1.82) is 0 Å². The molecular formula is C57H33N5O2. The van der Waals surface area contributed by atoms with Crippen LogP contribution >= 0.6 is 0 Å².